The fourth-order valence-electron chi connectivity index (χ4n) is 4.40. The molecule has 3 rings (SSSR count). The Balaban J connectivity index is 1.93. The third kappa shape index (κ3) is 6.46. The fraction of sp³-hybridized carbons (Fsp3) is 0.520. The van der Waals surface area contributed by atoms with Gasteiger partial charge in [-0.1, -0.05) is 33.8 Å². The second-order valence-electron chi connectivity index (χ2n) is 9.11. The van der Waals surface area contributed by atoms with Crippen molar-refractivity contribution in [3.63, 3.8) is 0 Å². The first-order valence-electron chi connectivity index (χ1n) is 11.9. The lowest BCUT2D eigenvalue weighted by Gasteiger charge is -2.21. The minimum Gasteiger partial charge on any atom is -0.348 e. The number of carbonyl (C=O) groups is 1. The maximum Gasteiger partial charge on any atom is 0.251 e. The molecule has 1 atom stereocenters. The molecule has 0 fully saturated rings. The van der Waals surface area contributed by atoms with Crippen molar-refractivity contribution in [3.8, 4) is 0 Å². The zero-order chi connectivity index (χ0) is 24.9. The largest absolute Gasteiger partial charge is 0.348 e. The fourth-order valence-corrected chi connectivity index (χ4v) is 6.02. The molecule has 0 bridgehead atoms. The minimum atomic E-state index is -3.45. The highest BCUT2D eigenvalue weighted by Crippen LogP contribution is 2.28. The van der Waals surface area contributed by atoms with E-state index in [4.69, 9.17) is 4.98 Å². The highest BCUT2D eigenvalue weighted by molar-refractivity contribution is 7.89. The lowest BCUT2D eigenvalue weighted by Crippen LogP contribution is -2.43. The normalized spacial score (nSPS) is 13.1. The van der Waals surface area contributed by atoms with Crippen molar-refractivity contribution >= 4 is 38.3 Å². The van der Waals surface area contributed by atoms with E-state index in [-0.39, 0.29) is 17.6 Å². The molecule has 0 aliphatic heterocycles. The number of imidazole rings is 1. The van der Waals surface area contributed by atoms with E-state index in [2.05, 4.69) is 39.9 Å². The van der Waals surface area contributed by atoms with E-state index in [0.717, 1.165) is 36.1 Å². The second-order valence-corrected chi connectivity index (χ2v) is 12.1. The van der Waals surface area contributed by atoms with Crippen molar-refractivity contribution in [1.29, 1.82) is 0 Å². The molecule has 2 heterocycles. The summed E-state index contributed by atoms with van der Waals surface area (Å²) in [6.45, 7) is 8.39. The molecule has 0 unspecified atom stereocenters. The Morgan fingerprint density at radius 3 is 2.50 bits per heavy atom. The number of fused-ring (bicyclic) bond motifs is 1. The van der Waals surface area contributed by atoms with Gasteiger partial charge in [0.2, 0.25) is 10.0 Å². The number of thiophene rings is 1. The van der Waals surface area contributed by atoms with Gasteiger partial charge in [-0.25, -0.2) is 18.1 Å². The Hall–Kier alpha value is -2.23. The van der Waals surface area contributed by atoms with Gasteiger partial charge in [-0.05, 0) is 61.9 Å². The van der Waals surface area contributed by atoms with Crippen LogP contribution in [-0.4, -0.2) is 42.7 Å². The van der Waals surface area contributed by atoms with Crippen LogP contribution in [0.25, 0.3) is 11.0 Å². The van der Waals surface area contributed by atoms with Crippen LogP contribution in [0.15, 0.2) is 35.7 Å². The lowest BCUT2D eigenvalue weighted by molar-refractivity contribution is 0.0937. The van der Waals surface area contributed by atoms with Crippen LogP contribution in [0.5, 0.6) is 0 Å². The summed E-state index contributed by atoms with van der Waals surface area (Å²) in [6, 6.07) is 9.63. The van der Waals surface area contributed by atoms with Crippen LogP contribution in [0, 0.1) is 5.92 Å². The standard InChI is InChI=1S/C25H36N4O3S2/c1-6-20(7-2)29-23-11-10-18(14-22(23)28-24(29)15-21-9-8-12-33-21)25(30)27-19(13-17(3)4)16-34(31,32)26-5/h8-12,14,17,19-20,26H,6-7,13,15-16H2,1-5H3,(H,27,30)/t19-/m0/s1. The van der Waals surface area contributed by atoms with Crippen LogP contribution >= 0.6 is 11.3 Å². The van der Waals surface area contributed by atoms with E-state index < -0.39 is 16.1 Å². The number of hydrogen-bond acceptors (Lipinski definition) is 5. The number of nitrogens with one attached hydrogen (secondary N) is 2. The Kier molecular flexibility index (Phi) is 8.89. The van der Waals surface area contributed by atoms with Gasteiger partial charge in [0.25, 0.3) is 5.91 Å². The molecule has 0 aliphatic carbocycles. The number of sulfonamides is 1. The van der Waals surface area contributed by atoms with E-state index in [1.807, 2.05) is 38.1 Å². The van der Waals surface area contributed by atoms with Crippen LogP contribution < -0.4 is 10.0 Å². The molecule has 0 saturated carbocycles. The molecule has 7 nitrogen and oxygen atoms in total. The van der Waals surface area contributed by atoms with Crippen LogP contribution in [-0.2, 0) is 16.4 Å². The molecule has 0 spiro atoms. The summed E-state index contributed by atoms with van der Waals surface area (Å²) < 4.78 is 28.9. The zero-order valence-corrected chi connectivity index (χ0v) is 22.3. The first-order chi connectivity index (χ1) is 16.2. The highest BCUT2D eigenvalue weighted by Gasteiger charge is 2.23. The van der Waals surface area contributed by atoms with Crippen LogP contribution in [0.1, 0.15) is 74.1 Å². The molecule has 1 amide bonds. The van der Waals surface area contributed by atoms with Crippen molar-refractivity contribution in [2.24, 2.45) is 5.92 Å². The van der Waals surface area contributed by atoms with Gasteiger partial charge in [0.05, 0.1) is 16.8 Å². The van der Waals surface area contributed by atoms with Crippen molar-refractivity contribution in [2.45, 2.75) is 65.5 Å². The van der Waals surface area contributed by atoms with Gasteiger partial charge in [-0.2, -0.15) is 0 Å². The first-order valence-corrected chi connectivity index (χ1v) is 14.5. The molecule has 2 aromatic heterocycles. The number of carbonyl (C=O) groups excluding carboxylic acids is 1. The predicted octanol–water partition coefficient (Wildman–Crippen LogP) is 4.74. The van der Waals surface area contributed by atoms with Crippen molar-refractivity contribution in [1.82, 2.24) is 19.6 Å². The topological polar surface area (TPSA) is 93.1 Å². The van der Waals surface area contributed by atoms with Crippen molar-refractivity contribution in [3.05, 3.63) is 52.0 Å². The van der Waals surface area contributed by atoms with Gasteiger partial charge < -0.3 is 9.88 Å². The Labute approximate surface area is 207 Å². The molecule has 0 radical (unpaired) electrons. The summed E-state index contributed by atoms with van der Waals surface area (Å²) in [5.41, 5.74) is 2.29. The van der Waals surface area contributed by atoms with Crippen molar-refractivity contribution in [2.75, 3.05) is 12.8 Å². The minimum absolute atomic E-state index is 0.149. The molecular weight excluding hydrogens is 468 g/mol. The molecule has 186 valence electrons. The maximum atomic E-state index is 13.1. The van der Waals surface area contributed by atoms with Crippen molar-refractivity contribution < 1.29 is 13.2 Å². The lowest BCUT2D eigenvalue weighted by atomic mass is 10.0. The number of benzene rings is 1. The zero-order valence-electron chi connectivity index (χ0n) is 20.7. The Morgan fingerprint density at radius 1 is 1.18 bits per heavy atom. The Morgan fingerprint density at radius 2 is 1.91 bits per heavy atom. The summed E-state index contributed by atoms with van der Waals surface area (Å²) in [7, 11) is -2.06. The Bertz CT molecular complexity index is 1200. The van der Waals surface area contributed by atoms with Gasteiger partial charge in [0.1, 0.15) is 5.82 Å². The molecule has 34 heavy (non-hydrogen) atoms. The third-order valence-electron chi connectivity index (χ3n) is 6.07. The van der Waals surface area contributed by atoms with Gasteiger partial charge >= 0.3 is 0 Å². The van der Waals surface area contributed by atoms with Crippen LogP contribution in [0.4, 0.5) is 0 Å². The third-order valence-corrected chi connectivity index (χ3v) is 8.41. The van der Waals surface area contributed by atoms with Crippen LogP contribution in [0.3, 0.4) is 0 Å². The van der Waals surface area contributed by atoms with Gasteiger partial charge in [0, 0.05) is 28.9 Å². The summed E-state index contributed by atoms with van der Waals surface area (Å²) in [5, 5.41) is 5.00. The molecule has 0 aliphatic rings. The van der Waals surface area contributed by atoms with E-state index in [1.54, 1.807) is 11.3 Å². The molecular formula is C25H36N4O3S2. The second kappa shape index (κ2) is 11.5. The summed E-state index contributed by atoms with van der Waals surface area (Å²) in [4.78, 5) is 19.3. The smallest absolute Gasteiger partial charge is 0.251 e. The van der Waals surface area contributed by atoms with E-state index in [1.165, 1.54) is 11.9 Å². The monoisotopic (exact) mass is 504 g/mol. The summed E-state index contributed by atoms with van der Waals surface area (Å²) >= 11 is 1.72. The van der Waals surface area contributed by atoms with E-state index in [0.29, 0.717) is 18.0 Å². The quantitative estimate of drug-likeness (QED) is 0.372. The molecule has 9 heteroatoms. The highest BCUT2D eigenvalue weighted by atomic mass is 32.2. The summed E-state index contributed by atoms with van der Waals surface area (Å²) in [6.07, 6.45) is 3.32. The number of nitrogens with zero attached hydrogens (tertiary/aromatic N) is 2. The number of aromatic nitrogens is 2. The van der Waals surface area contributed by atoms with Crippen LogP contribution in [0.2, 0.25) is 0 Å². The number of amides is 1. The van der Waals surface area contributed by atoms with E-state index in [9.17, 15) is 13.2 Å². The predicted molar refractivity (Wildman–Crippen MR) is 140 cm³/mol. The summed E-state index contributed by atoms with van der Waals surface area (Å²) in [5.74, 6) is 0.817. The average molecular weight is 505 g/mol. The van der Waals surface area contributed by atoms with E-state index >= 15 is 0 Å². The van der Waals surface area contributed by atoms with Gasteiger partial charge in [0.15, 0.2) is 0 Å². The average Bonchev–Trinajstić information content (AvgIpc) is 3.41. The first kappa shape index (κ1) is 26.4. The number of rotatable bonds is 12. The molecule has 0 saturated heterocycles. The van der Waals surface area contributed by atoms with Gasteiger partial charge in [-0.3, -0.25) is 4.79 Å². The van der Waals surface area contributed by atoms with Gasteiger partial charge in [-0.15, -0.1) is 11.3 Å². The maximum absolute atomic E-state index is 13.1. The SMILES string of the molecule is CCC(CC)n1c(Cc2cccs2)nc2cc(C(=O)N[C@@H](CC(C)C)CS(=O)(=O)NC)ccc21. The molecule has 3 aromatic rings. The number of hydrogen-bond donors (Lipinski definition) is 2. The molecule has 2 N–H and O–H groups in total. The molecule has 1 aromatic carbocycles.